The third-order valence-electron chi connectivity index (χ3n) is 4.61. The van der Waals surface area contributed by atoms with Crippen LogP contribution in [0.2, 0.25) is 0 Å². The highest BCUT2D eigenvalue weighted by Gasteiger charge is 2.14. The van der Waals surface area contributed by atoms with Gasteiger partial charge in [0.2, 0.25) is 0 Å². The molecule has 1 fully saturated rings. The van der Waals surface area contributed by atoms with E-state index in [1.54, 1.807) is 11.1 Å². The lowest BCUT2D eigenvalue weighted by Gasteiger charge is -2.19. The smallest absolute Gasteiger partial charge is 0.0214 e. The Morgan fingerprint density at radius 2 is 1.84 bits per heavy atom. The SMILES string of the molecule is c1cc(CCCN2CCCCCC2)c2c(c1)CNC2. The quantitative estimate of drug-likeness (QED) is 0.893. The number of hydrogen-bond donors (Lipinski definition) is 1. The van der Waals surface area contributed by atoms with E-state index in [-0.39, 0.29) is 0 Å². The van der Waals surface area contributed by atoms with Gasteiger partial charge in [-0.1, -0.05) is 31.0 Å². The first-order chi connectivity index (χ1) is 9.43. The van der Waals surface area contributed by atoms with Crippen LogP contribution in [0.1, 0.15) is 48.8 Å². The Kier molecular flexibility index (Phi) is 4.52. The summed E-state index contributed by atoms with van der Waals surface area (Å²) in [7, 11) is 0. The Labute approximate surface area is 117 Å². The van der Waals surface area contributed by atoms with E-state index in [9.17, 15) is 0 Å². The number of likely N-dealkylation sites (tertiary alicyclic amines) is 1. The highest BCUT2D eigenvalue weighted by atomic mass is 15.1. The Bertz CT molecular complexity index is 406. The van der Waals surface area contributed by atoms with Crippen molar-refractivity contribution in [2.75, 3.05) is 19.6 Å². The van der Waals surface area contributed by atoms with Gasteiger partial charge < -0.3 is 10.2 Å². The molecule has 0 unspecified atom stereocenters. The number of benzene rings is 1. The average Bonchev–Trinajstić information content (AvgIpc) is 2.77. The predicted octanol–water partition coefficient (Wildman–Crippen LogP) is 3.10. The minimum Gasteiger partial charge on any atom is -0.309 e. The van der Waals surface area contributed by atoms with Crippen molar-refractivity contribution in [1.82, 2.24) is 10.2 Å². The van der Waals surface area contributed by atoms with Crippen molar-refractivity contribution in [2.45, 2.75) is 51.6 Å². The number of nitrogens with one attached hydrogen (secondary N) is 1. The van der Waals surface area contributed by atoms with Crippen molar-refractivity contribution >= 4 is 0 Å². The van der Waals surface area contributed by atoms with Gasteiger partial charge >= 0.3 is 0 Å². The lowest BCUT2D eigenvalue weighted by atomic mass is 9.99. The summed E-state index contributed by atoms with van der Waals surface area (Å²) in [6, 6.07) is 6.83. The molecule has 0 spiro atoms. The van der Waals surface area contributed by atoms with Crippen LogP contribution >= 0.6 is 0 Å². The van der Waals surface area contributed by atoms with Gasteiger partial charge in [0.1, 0.15) is 0 Å². The van der Waals surface area contributed by atoms with Crippen LogP contribution in [0.15, 0.2) is 18.2 Å². The van der Waals surface area contributed by atoms with Gasteiger partial charge in [-0.25, -0.2) is 0 Å². The molecular formula is C17H26N2. The predicted molar refractivity (Wildman–Crippen MR) is 80.2 cm³/mol. The molecule has 0 saturated carbocycles. The Morgan fingerprint density at radius 3 is 2.68 bits per heavy atom. The fraction of sp³-hybridized carbons (Fsp3) is 0.647. The Hall–Kier alpha value is -0.860. The monoisotopic (exact) mass is 258 g/mol. The van der Waals surface area contributed by atoms with Crippen molar-refractivity contribution in [2.24, 2.45) is 0 Å². The normalized spacial score (nSPS) is 20.2. The molecule has 1 saturated heterocycles. The van der Waals surface area contributed by atoms with Crippen LogP contribution in [0.5, 0.6) is 0 Å². The number of aryl methyl sites for hydroxylation is 1. The lowest BCUT2D eigenvalue weighted by Crippen LogP contribution is -2.26. The molecule has 104 valence electrons. The van der Waals surface area contributed by atoms with Gasteiger partial charge in [0.15, 0.2) is 0 Å². The molecule has 2 heterocycles. The van der Waals surface area contributed by atoms with Crippen LogP contribution in [0.4, 0.5) is 0 Å². The third-order valence-corrected chi connectivity index (χ3v) is 4.61. The van der Waals surface area contributed by atoms with Crippen molar-refractivity contribution in [3.63, 3.8) is 0 Å². The van der Waals surface area contributed by atoms with Gasteiger partial charge in [0, 0.05) is 13.1 Å². The van der Waals surface area contributed by atoms with Crippen molar-refractivity contribution < 1.29 is 0 Å². The second kappa shape index (κ2) is 6.53. The summed E-state index contributed by atoms with van der Waals surface area (Å²) >= 11 is 0. The molecule has 1 N–H and O–H groups in total. The summed E-state index contributed by atoms with van der Waals surface area (Å²) in [5.74, 6) is 0. The molecule has 1 aromatic rings. The van der Waals surface area contributed by atoms with Gasteiger partial charge in [-0.3, -0.25) is 0 Å². The number of nitrogens with zero attached hydrogens (tertiary/aromatic N) is 1. The van der Waals surface area contributed by atoms with Crippen LogP contribution in [-0.4, -0.2) is 24.5 Å². The first kappa shape index (κ1) is 13.1. The highest BCUT2D eigenvalue weighted by Crippen LogP contribution is 2.21. The molecule has 0 amide bonds. The molecule has 0 aliphatic carbocycles. The van der Waals surface area contributed by atoms with Crippen molar-refractivity contribution in [1.29, 1.82) is 0 Å². The minimum atomic E-state index is 1.06. The van der Waals surface area contributed by atoms with Gasteiger partial charge in [0.25, 0.3) is 0 Å². The van der Waals surface area contributed by atoms with Gasteiger partial charge in [-0.15, -0.1) is 0 Å². The van der Waals surface area contributed by atoms with E-state index < -0.39 is 0 Å². The topological polar surface area (TPSA) is 15.3 Å². The largest absolute Gasteiger partial charge is 0.309 e. The molecule has 2 aliphatic heterocycles. The zero-order chi connectivity index (χ0) is 12.9. The Balaban J connectivity index is 1.51. The molecule has 3 rings (SSSR count). The van der Waals surface area contributed by atoms with Crippen molar-refractivity contribution in [3.05, 3.63) is 34.9 Å². The Morgan fingerprint density at radius 1 is 1.00 bits per heavy atom. The van der Waals surface area contributed by atoms with Crippen LogP contribution in [0.3, 0.4) is 0 Å². The van der Waals surface area contributed by atoms with Crippen molar-refractivity contribution in [3.8, 4) is 0 Å². The molecule has 0 radical (unpaired) electrons. The zero-order valence-electron chi connectivity index (χ0n) is 12.0. The first-order valence-electron chi connectivity index (χ1n) is 7.96. The molecule has 0 aromatic heterocycles. The molecule has 0 bridgehead atoms. The van der Waals surface area contributed by atoms with E-state index >= 15 is 0 Å². The van der Waals surface area contributed by atoms with Crippen LogP contribution < -0.4 is 5.32 Å². The summed E-state index contributed by atoms with van der Waals surface area (Å²) in [6.45, 7) is 6.09. The molecule has 2 nitrogen and oxygen atoms in total. The fourth-order valence-corrected chi connectivity index (χ4v) is 3.49. The summed E-state index contributed by atoms with van der Waals surface area (Å²) in [4.78, 5) is 2.68. The van der Waals surface area contributed by atoms with Crippen LogP contribution in [-0.2, 0) is 19.5 Å². The van der Waals surface area contributed by atoms with Gasteiger partial charge in [0.05, 0.1) is 0 Å². The van der Waals surface area contributed by atoms with E-state index in [4.69, 9.17) is 0 Å². The maximum absolute atomic E-state index is 3.47. The fourth-order valence-electron chi connectivity index (χ4n) is 3.49. The summed E-state index contributed by atoms with van der Waals surface area (Å²) in [6.07, 6.45) is 8.26. The van der Waals surface area contributed by atoms with Gasteiger partial charge in [-0.05, 0) is 62.0 Å². The molecule has 19 heavy (non-hydrogen) atoms. The number of hydrogen-bond acceptors (Lipinski definition) is 2. The summed E-state index contributed by atoms with van der Waals surface area (Å²) in [5, 5.41) is 3.47. The maximum Gasteiger partial charge on any atom is 0.0214 e. The van der Waals surface area contributed by atoms with E-state index in [0.29, 0.717) is 0 Å². The second-order valence-electron chi connectivity index (χ2n) is 6.02. The third kappa shape index (κ3) is 3.37. The van der Waals surface area contributed by atoms with Crippen LogP contribution in [0, 0.1) is 0 Å². The first-order valence-corrected chi connectivity index (χ1v) is 7.96. The molecule has 1 aromatic carbocycles. The molecule has 2 heteroatoms. The van der Waals surface area contributed by atoms with E-state index in [1.807, 2.05) is 0 Å². The number of rotatable bonds is 4. The molecular weight excluding hydrogens is 232 g/mol. The lowest BCUT2D eigenvalue weighted by molar-refractivity contribution is 0.281. The summed E-state index contributed by atoms with van der Waals surface area (Å²) < 4.78 is 0. The van der Waals surface area contributed by atoms with Crippen LogP contribution in [0.25, 0.3) is 0 Å². The zero-order valence-corrected chi connectivity index (χ0v) is 12.0. The van der Waals surface area contributed by atoms with E-state index in [1.165, 1.54) is 63.7 Å². The maximum atomic E-state index is 3.47. The standard InChI is InChI=1S/C17H26N2/c1-2-4-11-19(10-3-1)12-6-9-15-7-5-8-16-13-18-14-17(15)16/h5,7-8,18H,1-4,6,9-14H2. The minimum absolute atomic E-state index is 1.06. The van der Waals surface area contributed by atoms with E-state index in [0.717, 1.165) is 13.1 Å². The average molecular weight is 258 g/mol. The second-order valence-corrected chi connectivity index (χ2v) is 6.02. The number of fused-ring (bicyclic) bond motifs is 1. The molecule has 0 atom stereocenters. The summed E-state index contributed by atoms with van der Waals surface area (Å²) in [5.41, 5.74) is 4.68. The highest BCUT2D eigenvalue weighted by molar-refractivity contribution is 5.37. The van der Waals surface area contributed by atoms with Gasteiger partial charge in [-0.2, -0.15) is 0 Å². The molecule has 2 aliphatic rings. The van der Waals surface area contributed by atoms with E-state index in [2.05, 4.69) is 28.4 Å².